The molecule has 1 rings (SSSR count). The summed E-state index contributed by atoms with van der Waals surface area (Å²) in [4.78, 5) is 4.53. The van der Waals surface area contributed by atoms with Crippen LogP contribution in [0.15, 0.2) is 5.38 Å². The number of aryl methyl sites for hydroxylation is 1. The lowest BCUT2D eigenvalue weighted by molar-refractivity contribution is 0.481. The fourth-order valence-corrected chi connectivity index (χ4v) is 2.16. The quantitative estimate of drug-likeness (QED) is 0.784. The molecular weight excluding hydrogens is 192 g/mol. The van der Waals surface area contributed by atoms with Crippen molar-refractivity contribution in [2.24, 2.45) is 0 Å². The summed E-state index contributed by atoms with van der Waals surface area (Å²) < 4.78 is 0. The first-order valence-corrected chi connectivity index (χ1v) is 6.34. The van der Waals surface area contributed by atoms with Gasteiger partial charge >= 0.3 is 0 Å². The number of thiazole rings is 1. The number of nitrogens with zero attached hydrogens (tertiary/aromatic N) is 1. The van der Waals surface area contributed by atoms with Gasteiger partial charge in [0.15, 0.2) is 0 Å². The third-order valence-corrected chi connectivity index (χ3v) is 3.50. The fraction of sp³-hybridized carbons (Fsp3) is 0.727. The summed E-state index contributed by atoms with van der Waals surface area (Å²) in [5.41, 5.74) is 1.19. The zero-order valence-corrected chi connectivity index (χ0v) is 10.2. The third-order valence-electron chi connectivity index (χ3n) is 2.46. The molecule has 3 heteroatoms. The highest BCUT2D eigenvalue weighted by Gasteiger charge is 2.04. The van der Waals surface area contributed by atoms with Crippen LogP contribution in [-0.2, 0) is 13.0 Å². The van der Waals surface area contributed by atoms with Crippen molar-refractivity contribution in [2.45, 2.75) is 52.6 Å². The topological polar surface area (TPSA) is 24.9 Å². The molecule has 14 heavy (non-hydrogen) atoms. The minimum atomic E-state index is 0.641. The predicted molar refractivity (Wildman–Crippen MR) is 62.7 cm³/mol. The molecule has 0 spiro atoms. The van der Waals surface area contributed by atoms with Crippen molar-refractivity contribution >= 4 is 11.3 Å². The highest BCUT2D eigenvalue weighted by atomic mass is 32.1. The summed E-state index contributed by atoms with van der Waals surface area (Å²) in [6.45, 7) is 7.51. The lowest BCUT2D eigenvalue weighted by atomic mass is 10.2. The third kappa shape index (κ3) is 3.39. The van der Waals surface area contributed by atoms with E-state index in [1.807, 2.05) is 0 Å². The van der Waals surface area contributed by atoms with Crippen molar-refractivity contribution in [3.8, 4) is 0 Å². The van der Waals surface area contributed by atoms with E-state index < -0.39 is 0 Å². The summed E-state index contributed by atoms with van der Waals surface area (Å²) in [6, 6.07) is 0.641. The van der Waals surface area contributed by atoms with E-state index in [-0.39, 0.29) is 0 Å². The number of hydrogen-bond donors (Lipinski definition) is 1. The van der Waals surface area contributed by atoms with Crippen LogP contribution in [0.3, 0.4) is 0 Å². The van der Waals surface area contributed by atoms with E-state index in [9.17, 15) is 0 Å². The van der Waals surface area contributed by atoms with Crippen molar-refractivity contribution in [3.63, 3.8) is 0 Å². The van der Waals surface area contributed by atoms with Crippen LogP contribution in [0.1, 0.15) is 44.3 Å². The van der Waals surface area contributed by atoms with Gasteiger partial charge in [0.1, 0.15) is 0 Å². The second-order valence-electron chi connectivity index (χ2n) is 3.48. The Bertz CT molecular complexity index is 254. The van der Waals surface area contributed by atoms with Crippen LogP contribution >= 0.6 is 11.3 Å². The Balaban J connectivity index is 2.37. The first-order valence-electron chi connectivity index (χ1n) is 5.46. The first-order chi connectivity index (χ1) is 6.80. The minimum Gasteiger partial charge on any atom is -0.308 e. The molecule has 0 aliphatic rings. The average Bonchev–Trinajstić information content (AvgIpc) is 2.67. The van der Waals surface area contributed by atoms with E-state index in [0.717, 1.165) is 13.0 Å². The van der Waals surface area contributed by atoms with Gasteiger partial charge in [0.05, 0.1) is 10.7 Å². The molecule has 1 N–H and O–H groups in total. The average molecular weight is 212 g/mol. The Morgan fingerprint density at radius 1 is 1.36 bits per heavy atom. The second kappa shape index (κ2) is 6.14. The molecule has 0 radical (unpaired) electrons. The Hall–Kier alpha value is -0.410. The normalized spacial score (nSPS) is 11.1. The van der Waals surface area contributed by atoms with Crippen molar-refractivity contribution in [2.75, 3.05) is 0 Å². The van der Waals surface area contributed by atoms with E-state index >= 15 is 0 Å². The molecule has 80 valence electrons. The molecule has 0 saturated carbocycles. The molecule has 0 saturated heterocycles. The highest BCUT2D eigenvalue weighted by molar-refractivity contribution is 7.09. The summed E-state index contributed by atoms with van der Waals surface area (Å²) in [5.74, 6) is 0. The van der Waals surface area contributed by atoms with Crippen molar-refractivity contribution < 1.29 is 0 Å². The van der Waals surface area contributed by atoms with Gasteiger partial charge in [-0.15, -0.1) is 11.3 Å². The first kappa shape index (κ1) is 11.7. The van der Waals surface area contributed by atoms with Gasteiger partial charge in [0.2, 0.25) is 0 Å². The fourth-order valence-electron chi connectivity index (χ4n) is 1.42. The largest absolute Gasteiger partial charge is 0.308 e. The molecule has 2 nitrogen and oxygen atoms in total. The van der Waals surface area contributed by atoms with Crippen LogP contribution in [0.25, 0.3) is 0 Å². The standard InChI is InChI=1S/C11H20N2S/c1-4-9(5-2)12-7-10-8-14-11(6-3)13-10/h8-9,12H,4-7H2,1-3H3. The van der Waals surface area contributed by atoms with E-state index in [2.05, 4.69) is 36.5 Å². The molecular formula is C11H20N2S. The zero-order chi connectivity index (χ0) is 10.4. The monoisotopic (exact) mass is 212 g/mol. The molecule has 0 unspecified atom stereocenters. The summed E-state index contributed by atoms with van der Waals surface area (Å²) >= 11 is 1.77. The van der Waals surface area contributed by atoms with Gasteiger partial charge in [-0.05, 0) is 19.3 Å². The Labute approximate surface area is 90.8 Å². The van der Waals surface area contributed by atoms with Crippen LogP contribution < -0.4 is 5.32 Å². The molecule has 1 heterocycles. The highest BCUT2D eigenvalue weighted by Crippen LogP contribution is 2.10. The molecule has 0 aromatic carbocycles. The van der Waals surface area contributed by atoms with Gasteiger partial charge in [-0.1, -0.05) is 20.8 Å². The maximum atomic E-state index is 4.53. The lowest BCUT2D eigenvalue weighted by Crippen LogP contribution is -2.27. The number of aromatic nitrogens is 1. The van der Waals surface area contributed by atoms with Crippen molar-refractivity contribution in [1.82, 2.24) is 10.3 Å². The Morgan fingerprint density at radius 2 is 2.07 bits per heavy atom. The number of rotatable bonds is 6. The van der Waals surface area contributed by atoms with Gasteiger partial charge in [-0.2, -0.15) is 0 Å². The van der Waals surface area contributed by atoms with Crippen LogP contribution in [0, 0.1) is 0 Å². The number of hydrogen-bond acceptors (Lipinski definition) is 3. The Morgan fingerprint density at radius 3 is 2.57 bits per heavy atom. The maximum Gasteiger partial charge on any atom is 0.0926 e. The van der Waals surface area contributed by atoms with Crippen LogP contribution in [0.2, 0.25) is 0 Å². The van der Waals surface area contributed by atoms with Gasteiger partial charge in [-0.25, -0.2) is 4.98 Å². The molecule has 0 fully saturated rings. The molecule has 1 aromatic heterocycles. The van der Waals surface area contributed by atoms with Crippen LogP contribution in [-0.4, -0.2) is 11.0 Å². The van der Waals surface area contributed by atoms with Gasteiger partial charge in [0.25, 0.3) is 0 Å². The van der Waals surface area contributed by atoms with Gasteiger partial charge < -0.3 is 5.32 Å². The second-order valence-corrected chi connectivity index (χ2v) is 4.42. The van der Waals surface area contributed by atoms with E-state index in [1.165, 1.54) is 23.5 Å². The molecule has 0 aliphatic carbocycles. The van der Waals surface area contributed by atoms with E-state index in [1.54, 1.807) is 11.3 Å². The van der Waals surface area contributed by atoms with E-state index in [0.29, 0.717) is 6.04 Å². The summed E-state index contributed by atoms with van der Waals surface area (Å²) in [7, 11) is 0. The van der Waals surface area contributed by atoms with Crippen LogP contribution in [0.4, 0.5) is 0 Å². The molecule has 0 atom stereocenters. The SMILES string of the molecule is CCc1nc(CNC(CC)CC)cs1. The summed E-state index contributed by atoms with van der Waals surface area (Å²) in [5, 5.41) is 6.92. The molecule has 0 amide bonds. The molecule has 0 aliphatic heterocycles. The maximum absolute atomic E-state index is 4.53. The minimum absolute atomic E-state index is 0.641. The lowest BCUT2D eigenvalue weighted by Gasteiger charge is -2.12. The predicted octanol–water partition coefficient (Wildman–Crippen LogP) is 2.98. The van der Waals surface area contributed by atoms with Gasteiger partial charge in [0, 0.05) is 18.0 Å². The van der Waals surface area contributed by atoms with Gasteiger partial charge in [-0.3, -0.25) is 0 Å². The van der Waals surface area contributed by atoms with Crippen molar-refractivity contribution in [1.29, 1.82) is 0 Å². The summed E-state index contributed by atoms with van der Waals surface area (Å²) in [6.07, 6.45) is 3.44. The smallest absolute Gasteiger partial charge is 0.0926 e. The molecule has 0 bridgehead atoms. The molecule has 1 aromatic rings. The number of nitrogens with one attached hydrogen (secondary N) is 1. The zero-order valence-electron chi connectivity index (χ0n) is 9.34. The van der Waals surface area contributed by atoms with E-state index in [4.69, 9.17) is 0 Å². The van der Waals surface area contributed by atoms with Crippen molar-refractivity contribution in [3.05, 3.63) is 16.1 Å². The van der Waals surface area contributed by atoms with Crippen LogP contribution in [0.5, 0.6) is 0 Å². The Kier molecular flexibility index (Phi) is 5.12.